The van der Waals surface area contributed by atoms with Crippen LogP contribution in [0.2, 0.25) is 0 Å². The van der Waals surface area contributed by atoms with Crippen molar-refractivity contribution in [2.75, 3.05) is 24.9 Å². The summed E-state index contributed by atoms with van der Waals surface area (Å²) in [5.74, 6) is 1.82. The summed E-state index contributed by atoms with van der Waals surface area (Å²) in [6.45, 7) is 5.56. The zero-order chi connectivity index (χ0) is 28.5. The minimum absolute atomic E-state index is 0.0186. The maximum absolute atomic E-state index is 13.0. The number of carbonyl (C=O) groups is 2. The fourth-order valence-electron chi connectivity index (χ4n) is 4.12. The van der Waals surface area contributed by atoms with Gasteiger partial charge in [0, 0.05) is 23.3 Å². The maximum atomic E-state index is 13.0. The lowest BCUT2D eigenvalue weighted by Crippen LogP contribution is -2.26. The number of methoxy groups -OCH3 is 2. The monoisotopic (exact) mass is 538 g/mol. The van der Waals surface area contributed by atoms with Gasteiger partial charge in [-0.15, -0.1) is 6.58 Å². The van der Waals surface area contributed by atoms with Crippen molar-refractivity contribution in [1.82, 2.24) is 9.97 Å². The number of hydrogen-bond donors (Lipinski definition) is 2. The second-order valence-electron chi connectivity index (χ2n) is 8.77. The molecule has 1 amide bonds. The lowest BCUT2D eigenvalue weighted by Gasteiger charge is -2.21. The van der Waals surface area contributed by atoms with Gasteiger partial charge in [-0.25, -0.2) is 4.98 Å². The van der Waals surface area contributed by atoms with Crippen LogP contribution in [0.25, 0.3) is 10.9 Å². The molecule has 0 spiro atoms. The van der Waals surface area contributed by atoms with Gasteiger partial charge in [0.15, 0.2) is 17.8 Å². The number of ether oxygens (including phenoxy) is 3. The number of aromatic nitrogens is 2. The zero-order valence-corrected chi connectivity index (χ0v) is 22.5. The molecule has 2 N–H and O–H groups in total. The van der Waals surface area contributed by atoms with Crippen LogP contribution < -0.4 is 24.8 Å². The summed E-state index contributed by atoms with van der Waals surface area (Å²) in [5.41, 5.74) is 2.15. The predicted octanol–water partition coefficient (Wildman–Crippen LogP) is 5.95. The molecular formula is C31H30N4O5. The largest absolute Gasteiger partial charge is 0.493 e. The van der Waals surface area contributed by atoms with Gasteiger partial charge >= 0.3 is 0 Å². The van der Waals surface area contributed by atoms with Crippen LogP contribution in [0.4, 0.5) is 11.5 Å². The molecule has 0 fully saturated rings. The van der Waals surface area contributed by atoms with E-state index in [0.717, 1.165) is 11.1 Å². The Hall–Kier alpha value is -5.18. The van der Waals surface area contributed by atoms with Crippen LogP contribution in [0, 0.1) is 0 Å². The molecule has 0 aliphatic heterocycles. The van der Waals surface area contributed by atoms with Crippen LogP contribution in [-0.2, 0) is 9.59 Å². The van der Waals surface area contributed by atoms with Crippen molar-refractivity contribution in [2.24, 2.45) is 0 Å². The second kappa shape index (κ2) is 13.1. The highest BCUT2D eigenvalue weighted by atomic mass is 16.5. The van der Waals surface area contributed by atoms with Crippen LogP contribution in [0.15, 0.2) is 96.9 Å². The SMILES string of the molecule is C=CCC(Nc1ccccc1)/C(C)=C(\C=O)C(=O)Nc1ccc(Oc2ccnc3cc(OC)c(OC)cc23)cn1. The van der Waals surface area contributed by atoms with Gasteiger partial charge < -0.3 is 24.8 Å². The average Bonchev–Trinajstić information content (AvgIpc) is 2.98. The summed E-state index contributed by atoms with van der Waals surface area (Å²) in [7, 11) is 3.12. The van der Waals surface area contributed by atoms with Crippen LogP contribution in [-0.4, -0.2) is 42.4 Å². The third kappa shape index (κ3) is 6.44. The smallest absolute Gasteiger partial charge is 0.260 e. The Morgan fingerprint density at radius 1 is 1.00 bits per heavy atom. The van der Waals surface area contributed by atoms with E-state index in [1.165, 1.54) is 6.20 Å². The molecule has 0 aliphatic rings. The Morgan fingerprint density at radius 3 is 2.40 bits per heavy atom. The van der Waals surface area contributed by atoms with Crippen molar-refractivity contribution in [3.63, 3.8) is 0 Å². The molecule has 0 bridgehead atoms. The Balaban J connectivity index is 1.50. The molecule has 4 rings (SSSR count). The molecule has 1 unspecified atom stereocenters. The molecule has 9 nitrogen and oxygen atoms in total. The molecule has 0 saturated heterocycles. The Labute approximate surface area is 232 Å². The van der Waals surface area contributed by atoms with E-state index in [0.29, 0.717) is 46.8 Å². The highest BCUT2D eigenvalue weighted by molar-refractivity contribution is 6.17. The minimum Gasteiger partial charge on any atom is -0.493 e. The second-order valence-corrected chi connectivity index (χ2v) is 8.77. The number of carbonyl (C=O) groups excluding carboxylic acids is 2. The van der Waals surface area contributed by atoms with Crippen LogP contribution in [0.3, 0.4) is 0 Å². The summed E-state index contributed by atoms with van der Waals surface area (Å²) in [5, 5.41) is 6.77. The van der Waals surface area contributed by atoms with Gasteiger partial charge in [0.1, 0.15) is 17.3 Å². The lowest BCUT2D eigenvalue weighted by molar-refractivity contribution is -0.115. The first-order chi connectivity index (χ1) is 19.5. The fraction of sp³-hybridized carbons (Fsp3) is 0.161. The third-order valence-electron chi connectivity index (χ3n) is 6.24. The van der Waals surface area contributed by atoms with E-state index in [1.807, 2.05) is 30.3 Å². The summed E-state index contributed by atoms with van der Waals surface area (Å²) in [6, 6.07) is 17.8. The summed E-state index contributed by atoms with van der Waals surface area (Å²) in [6.07, 6.45) is 5.94. The molecular weight excluding hydrogens is 508 g/mol. The number of pyridine rings is 2. The highest BCUT2D eigenvalue weighted by Crippen LogP contribution is 2.36. The molecule has 9 heteroatoms. The first kappa shape index (κ1) is 27.8. The number of amides is 1. The number of aldehydes is 1. The van der Waals surface area contributed by atoms with E-state index < -0.39 is 5.91 Å². The number of fused-ring (bicyclic) bond motifs is 1. The molecule has 2 aromatic carbocycles. The van der Waals surface area contributed by atoms with E-state index in [4.69, 9.17) is 14.2 Å². The molecule has 4 aromatic rings. The van der Waals surface area contributed by atoms with E-state index in [1.54, 1.807) is 63.7 Å². The van der Waals surface area contributed by atoms with E-state index >= 15 is 0 Å². The van der Waals surface area contributed by atoms with Crippen molar-refractivity contribution >= 4 is 34.6 Å². The number of rotatable bonds is 12. The summed E-state index contributed by atoms with van der Waals surface area (Å²) >= 11 is 0. The minimum atomic E-state index is -0.557. The van der Waals surface area contributed by atoms with Crippen molar-refractivity contribution in [3.05, 3.63) is 96.9 Å². The first-order valence-corrected chi connectivity index (χ1v) is 12.5. The maximum Gasteiger partial charge on any atom is 0.260 e. The highest BCUT2D eigenvalue weighted by Gasteiger charge is 2.19. The summed E-state index contributed by atoms with van der Waals surface area (Å²) < 4.78 is 16.8. The predicted molar refractivity (Wildman–Crippen MR) is 155 cm³/mol. The fourth-order valence-corrected chi connectivity index (χ4v) is 4.12. The summed E-state index contributed by atoms with van der Waals surface area (Å²) in [4.78, 5) is 33.7. The number of nitrogens with zero attached hydrogens (tertiary/aromatic N) is 2. The van der Waals surface area contributed by atoms with E-state index in [-0.39, 0.29) is 17.4 Å². The molecule has 2 aromatic heterocycles. The Morgan fingerprint density at radius 2 is 1.75 bits per heavy atom. The van der Waals surface area contributed by atoms with Gasteiger partial charge in [0.25, 0.3) is 5.91 Å². The molecule has 1 atom stereocenters. The number of anilines is 2. The molecule has 0 aliphatic carbocycles. The normalized spacial score (nSPS) is 12.1. The number of para-hydroxylation sites is 1. The van der Waals surface area contributed by atoms with Gasteiger partial charge in [0.2, 0.25) is 0 Å². The van der Waals surface area contributed by atoms with Crippen molar-refractivity contribution < 1.29 is 23.8 Å². The van der Waals surface area contributed by atoms with Gasteiger partial charge in [-0.2, -0.15) is 0 Å². The van der Waals surface area contributed by atoms with E-state index in [9.17, 15) is 9.59 Å². The Bertz CT molecular complexity index is 1540. The number of hydrogen-bond acceptors (Lipinski definition) is 8. The van der Waals surface area contributed by atoms with Crippen molar-refractivity contribution in [2.45, 2.75) is 19.4 Å². The first-order valence-electron chi connectivity index (χ1n) is 12.5. The lowest BCUT2D eigenvalue weighted by atomic mass is 9.99. The molecule has 40 heavy (non-hydrogen) atoms. The number of benzene rings is 2. The van der Waals surface area contributed by atoms with E-state index in [2.05, 4.69) is 27.2 Å². The molecule has 0 saturated carbocycles. The molecule has 2 heterocycles. The van der Waals surface area contributed by atoms with Gasteiger partial charge in [-0.05, 0) is 55.3 Å². The topological polar surface area (TPSA) is 112 Å². The zero-order valence-electron chi connectivity index (χ0n) is 22.5. The third-order valence-corrected chi connectivity index (χ3v) is 6.24. The van der Waals surface area contributed by atoms with Crippen molar-refractivity contribution in [1.29, 1.82) is 0 Å². The average molecular weight is 539 g/mol. The van der Waals surface area contributed by atoms with Crippen LogP contribution >= 0.6 is 0 Å². The van der Waals surface area contributed by atoms with Crippen LogP contribution in [0.1, 0.15) is 13.3 Å². The van der Waals surface area contributed by atoms with Crippen LogP contribution in [0.5, 0.6) is 23.0 Å². The quantitative estimate of drug-likeness (QED) is 0.0748. The van der Waals surface area contributed by atoms with Gasteiger partial charge in [0.05, 0.1) is 37.5 Å². The number of nitrogens with one attached hydrogen (secondary N) is 2. The van der Waals surface area contributed by atoms with Gasteiger partial charge in [-0.1, -0.05) is 24.3 Å². The van der Waals surface area contributed by atoms with Crippen molar-refractivity contribution in [3.8, 4) is 23.0 Å². The molecule has 0 radical (unpaired) electrons. The van der Waals surface area contributed by atoms with Gasteiger partial charge in [-0.3, -0.25) is 14.6 Å². The Kier molecular flexibility index (Phi) is 9.09. The standard InChI is InChI=1S/C31H30N4O5/c1-5-9-25(34-21-10-7-6-8-11-21)20(2)24(19-36)31(37)35-30-13-12-22(18-33-30)40-27-14-15-32-26-17-29(39-4)28(38-3)16-23(26)27/h5-8,10-19,25,34H,1,9H2,2-4H3,(H,33,35,37)/b24-20+. The molecule has 204 valence electrons.